The molecular formula is C11H11N3O2S. The molecule has 88 valence electrons. The van der Waals surface area contributed by atoms with Crippen molar-refractivity contribution >= 4 is 17.7 Å². The largest absolute Gasteiger partial charge is 0.481 e. The Bertz CT molecular complexity index is 539. The van der Waals surface area contributed by atoms with Gasteiger partial charge in [-0.25, -0.2) is 4.68 Å². The van der Waals surface area contributed by atoms with E-state index in [1.807, 2.05) is 30.5 Å². The van der Waals surface area contributed by atoms with Gasteiger partial charge >= 0.3 is 5.97 Å². The highest BCUT2D eigenvalue weighted by Gasteiger charge is 2.10. The van der Waals surface area contributed by atoms with Gasteiger partial charge in [-0.2, -0.15) is 0 Å². The average Bonchev–Trinajstić information content (AvgIpc) is 2.76. The first kappa shape index (κ1) is 11.7. The van der Waals surface area contributed by atoms with Crippen molar-refractivity contribution in [2.45, 2.75) is 11.3 Å². The highest BCUT2D eigenvalue weighted by atomic mass is 32.2. The molecule has 0 atom stereocenters. The molecule has 2 aromatic rings. The number of benzene rings is 1. The van der Waals surface area contributed by atoms with E-state index in [1.54, 1.807) is 16.4 Å². The molecule has 1 heterocycles. The number of carboxylic acids is 1. The molecule has 0 saturated carbocycles. The lowest BCUT2D eigenvalue weighted by molar-refractivity contribution is -0.136. The summed E-state index contributed by atoms with van der Waals surface area (Å²) in [6.45, 7) is 0. The van der Waals surface area contributed by atoms with E-state index in [-0.39, 0.29) is 6.42 Å². The van der Waals surface area contributed by atoms with Crippen LogP contribution in [0.4, 0.5) is 0 Å². The second kappa shape index (κ2) is 5.01. The van der Waals surface area contributed by atoms with Crippen molar-refractivity contribution < 1.29 is 9.90 Å². The Kier molecular flexibility index (Phi) is 3.43. The van der Waals surface area contributed by atoms with Gasteiger partial charge in [-0.3, -0.25) is 4.79 Å². The Morgan fingerprint density at radius 2 is 2.35 bits per heavy atom. The molecule has 1 aromatic carbocycles. The Morgan fingerprint density at radius 3 is 3.06 bits per heavy atom. The number of carbonyl (C=O) groups is 1. The highest BCUT2D eigenvalue weighted by molar-refractivity contribution is 7.98. The fourth-order valence-corrected chi connectivity index (χ4v) is 1.94. The molecule has 2 rings (SSSR count). The van der Waals surface area contributed by atoms with E-state index < -0.39 is 5.97 Å². The molecular weight excluding hydrogens is 238 g/mol. The smallest absolute Gasteiger partial charge is 0.309 e. The summed E-state index contributed by atoms with van der Waals surface area (Å²) >= 11 is 1.62. The fraction of sp³-hybridized carbons (Fsp3) is 0.182. The maximum absolute atomic E-state index is 10.7. The number of thioether (sulfide) groups is 1. The molecule has 5 nitrogen and oxygen atoms in total. The van der Waals surface area contributed by atoms with Crippen LogP contribution in [0.25, 0.3) is 5.69 Å². The van der Waals surface area contributed by atoms with Gasteiger partial charge in [0, 0.05) is 4.90 Å². The Labute approximate surface area is 102 Å². The summed E-state index contributed by atoms with van der Waals surface area (Å²) in [7, 11) is 0. The van der Waals surface area contributed by atoms with Gasteiger partial charge in [0.25, 0.3) is 0 Å². The lowest BCUT2D eigenvalue weighted by Crippen LogP contribution is -2.07. The zero-order valence-electron chi connectivity index (χ0n) is 9.20. The summed E-state index contributed by atoms with van der Waals surface area (Å²) in [4.78, 5) is 11.8. The van der Waals surface area contributed by atoms with Gasteiger partial charge in [0.1, 0.15) is 0 Å². The lowest BCUT2D eigenvalue weighted by Gasteiger charge is -2.05. The van der Waals surface area contributed by atoms with Crippen LogP contribution < -0.4 is 0 Å². The van der Waals surface area contributed by atoms with Crippen LogP contribution in [0.3, 0.4) is 0 Å². The van der Waals surface area contributed by atoms with Gasteiger partial charge in [0.2, 0.25) is 0 Å². The van der Waals surface area contributed by atoms with Gasteiger partial charge in [0.05, 0.1) is 24.0 Å². The topological polar surface area (TPSA) is 68.0 Å². The molecule has 17 heavy (non-hydrogen) atoms. The third kappa shape index (κ3) is 2.65. The maximum Gasteiger partial charge on any atom is 0.309 e. The number of rotatable bonds is 4. The summed E-state index contributed by atoms with van der Waals surface area (Å²) in [6.07, 6.45) is 3.37. The Balaban J connectivity index is 2.38. The molecule has 1 aromatic heterocycles. The van der Waals surface area contributed by atoms with Crippen molar-refractivity contribution in [2.75, 3.05) is 6.26 Å². The normalized spacial score (nSPS) is 10.4. The molecule has 0 saturated heterocycles. The average molecular weight is 249 g/mol. The molecule has 0 aliphatic carbocycles. The molecule has 0 amide bonds. The summed E-state index contributed by atoms with van der Waals surface area (Å²) in [5.74, 6) is -0.894. The molecule has 0 unspecified atom stereocenters. The SMILES string of the molecule is CSc1cccc(-n2nncc2CC(=O)O)c1. The van der Waals surface area contributed by atoms with Crippen molar-refractivity contribution in [2.24, 2.45) is 0 Å². The maximum atomic E-state index is 10.7. The first-order valence-electron chi connectivity index (χ1n) is 4.96. The van der Waals surface area contributed by atoms with Crippen molar-refractivity contribution in [1.29, 1.82) is 0 Å². The van der Waals surface area contributed by atoms with Gasteiger partial charge in [-0.15, -0.1) is 16.9 Å². The molecule has 6 heteroatoms. The van der Waals surface area contributed by atoms with E-state index in [0.29, 0.717) is 5.69 Å². The number of hydrogen-bond donors (Lipinski definition) is 1. The van der Waals surface area contributed by atoms with Crippen LogP contribution in [0.1, 0.15) is 5.69 Å². The number of aliphatic carboxylic acids is 1. The minimum Gasteiger partial charge on any atom is -0.481 e. The van der Waals surface area contributed by atoms with Crippen molar-refractivity contribution in [3.8, 4) is 5.69 Å². The van der Waals surface area contributed by atoms with Gasteiger partial charge in [-0.1, -0.05) is 11.3 Å². The van der Waals surface area contributed by atoms with E-state index in [0.717, 1.165) is 10.6 Å². The molecule has 0 bridgehead atoms. The number of hydrogen-bond acceptors (Lipinski definition) is 4. The second-order valence-electron chi connectivity index (χ2n) is 3.41. The molecule has 0 radical (unpaired) electrons. The monoisotopic (exact) mass is 249 g/mol. The van der Waals surface area contributed by atoms with Crippen LogP contribution in [0.15, 0.2) is 35.4 Å². The number of carboxylic acid groups (broad SMARTS) is 1. The highest BCUT2D eigenvalue weighted by Crippen LogP contribution is 2.18. The van der Waals surface area contributed by atoms with Crippen molar-refractivity contribution in [3.05, 3.63) is 36.2 Å². The lowest BCUT2D eigenvalue weighted by atomic mass is 10.3. The quantitative estimate of drug-likeness (QED) is 0.834. The minimum absolute atomic E-state index is 0.0868. The third-order valence-corrected chi connectivity index (χ3v) is 2.98. The Morgan fingerprint density at radius 1 is 1.53 bits per heavy atom. The van der Waals surface area contributed by atoms with Crippen molar-refractivity contribution in [3.63, 3.8) is 0 Å². The fourth-order valence-electron chi connectivity index (χ4n) is 1.49. The summed E-state index contributed by atoms with van der Waals surface area (Å²) in [5, 5.41) is 16.4. The number of aromatic nitrogens is 3. The molecule has 0 fully saturated rings. The van der Waals surface area contributed by atoms with Gasteiger partial charge < -0.3 is 5.11 Å². The Hall–Kier alpha value is -1.82. The van der Waals surface area contributed by atoms with Crippen LogP contribution in [0.2, 0.25) is 0 Å². The zero-order valence-corrected chi connectivity index (χ0v) is 10.0. The van der Waals surface area contributed by atoms with Crippen LogP contribution in [-0.4, -0.2) is 32.3 Å². The second-order valence-corrected chi connectivity index (χ2v) is 4.29. The van der Waals surface area contributed by atoms with E-state index in [1.165, 1.54) is 6.20 Å². The number of nitrogens with zero attached hydrogens (tertiary/aromatic N) is 3. The standard InChI is InChI=1S/C11H11N3O2S/c1-17-10-4-2-3-8(5-10)14-9(6-11(15)16)7-12-13-14/h2-5,7H,6H2,1H3,(H,15,16). The first-order chi connectivity index (χ1) is 8.20. The molecule has 0 aliphatic rings. The van der Waals surface area contributed by atoms with E-state index >= 15 is 0 Å². The minimum atomic E-state index is -0.894. The van der Waals surface area contributed by atoms with Crippen LogP contribution in [0, 0.1) is 0 Å². The van der Waals surface area contributed by atoms with Crippen molar-refractivity contribution in [1.82, 2.24) is 15.0 Å². The predicted octanol–water partition coefficient (Wildman–Crippen LogP) is 1.62. The van der Waals surface area contributed by atoms with E-state index in [2.05, 4.69) is 10.3 Å². The molecule has 0 spiro atoms. The van der Waals surface area contributed by atoms with E-state index in [4.69, 9.17) is 5.11 Å². The summed E-state index contributed by atoms with van der Waals surface area (Å²) in [6, 6.07) is 7.72. The van der Waals surface area contributed by atoms with E-state index in [9.17, 15) is 4.79 Å². The summed E-state index contributed by atoms with van der Waals surface area (Å²) < 4.78 is 1.55. The third-order valence-electron chi connectivity index (χ3n) is 2.25. The molecule has 1 N–H and O–H groups in total. The summed E-state index contributed by atoms with van der Waals surface area (Å²) in [5.41, 5.74) is 1.39. The molecule has 0 aliphatic heterocycles. The zero-order chi connectivity index (χ0) is 12.3. The van der Waals surface area contributed by atoms with Crippen LogP contribution in [0.5, 0.6) is 0 Å². The van der Waals surface area contributed by atoms with Gasteiger partial charge in [0.15, 0.2) is 0 Å². The first-order valence-corrected chi connectivity index (χ1v) is 6.19. The predicted molar refractivity (Wildman–Crippen MR) is 64.5 cm³/mol. The van der Waals surface area contributed by atoms with Crippen LogP contribution in [-0.2, 0) is 11.2 Å². The van der Waals surface area contributed by atoms with Crippen LogP contribution >= 0.6 is 11.8 Å². The van der Waals surface area contributed by atoms with Gasteiger partial charge in [-0.05, 0) is 24.5 Å².